The third-order valence-electron chi connectivity index (χ3n) is 2.46. The minimum absolute atomic E-state index is 0.0493. The van der Waals surface area contributed by atoms with Gasteiger partial charge in [-0.2, -0.15) is 5.26 Å². The van der Waals surface area contributed by atoms with Crippen LogP contribution in [0.15, 0.2) is 12.1 Å². The van der Waals surface area contributed by atoms with E-state index in [0.29, 0.717) is 0 Å². The topological polar surface area (TPSA) is 85.3 Å². The van der Waals surface area contributed by atoms with Gasteiger partial charge in [0.15, 0.2) is 5.75 Å². The summed E-state index contributed by atoms with van der Waals surface area (Å²) in [6, 6.07) is 4.08. The van der Waals surface area contributed by atoms with Crippen LogP contribution >= 0.6 is 0 Å². The molecule has 0 heterocycles. The molecule has 0 aliphatic rings. The molecule has 5 nitrogen and oxygen atoms in total. The second-order valence-electron chi connectivity index (χ2n) is 3.70. The third kappa shape index (κ3) is 3.86. The Labute approximate surface area is 112 Å². The molecule has 2 N–H and O–H groups in total. The highest BCUT2D eigenvalue weighted by Crippen LogP contribution is 2.32. The molecule has 0 aromatic heterocycles. The molecular weight excluding hydrogens is 277 g/mol. The zero-order valence-electron chi connectivity index (χ0n) is 10.5. The van der Waals surface area contributed by atoms with Crippen LogP contribution in [0.4, 0.5) is 13.2 Å². The van der Waals surface area contributed by atoms with E-state index in [1.54, 1.807) is 6.07 Å². The van der Waals surface area contributed by atoms with Crippen molar-refractivity contribution < 1.29 is 27.4 Å². The number of nitriles is 1. The summed E-state index contributed by atoms with van der Waals surface area (Å²) < 4.78 is 45.4. The van der Waals surface area contributed by atoms with E-state index in [4.69, 9.17) is 11.0 Å². The molecule has 0 saturated carbocycles. The Morgan fingerprint density at radius 3 is 2.55 bits per heavy atom. The van der Waals surface area contributed by atoms with Crippen molar-refractivity contribution in [3.63, 3.8) is 0 Å². The molecule has 0 atom stereocenters. The van der Waals surface area contributed by atoms with E-state index in [2.05, 4.69) is 9.47 Å². The second-order valence-corrected chi connectivity index (χ2v) is 3.70. The highest BCUT2D eigenvalue weighted by Gasteiger charge is 2.34. The van der Waals surface area contributed by atoms with Crippen molar-refractivity contribution in [3.05, 3.63) is 28.8 Å². The lowest BCUT2D eigenvalue weighted by Crippen LogP contribution is -2.21. The van der Waals surface area contributed by atoms with Crippen LogP contribution in [0.2, 0.25) is 0 Å². The number of nitrogens with two attached hydrogens (primary N) is 1. The van der Waals surface area contributed by atoms with Crippen LogP contribution in [-0.2, 0) is 22.5 Å². The molecule has 0 radical (unpaired) electrons. The molecule has 20 heavy (non-hydrogen) atoms. The first kappa shape index (κ1) is 15.8. The SMILES string of the molecule is COC(=O)Cc1ccc(C#N)c(OC(F)(F)F)c1CN. The number of ether oxygens (including phenoxy) is 2. The number of hydrogen-bond donors (Lipinski definition) is 1. The van der Waals surface area contributed by atoms with Crippen LogP contribution in [0.3, 0.4) is 0 Å². The van der Waals surface area contributed by atoms with Crippen LogP contribution in [0, 0.1) is 11.3 Å². The number of benzene rings is 1. The van der Waals surface area contributed by atoms with Crippen LogP contribution in [0.25, 0.3) is 0 Å². The minimum Gasteiger partial charge on any atom is -0.469 e. The highest BCUT2D eigenvalue weighted by atomic mass is 19.4. The fourth-order valence-corrected chi connectivity index (χ4v) is 1.61. The molecule has 108 valence electrons. The molecule has 0 aliphatic carbocycles. The molecular formula is C12H11F3N2O3. The van der Waals surface area contributed by atoms with E-state index < -0.39 is 18.1 Å². The van der Waals surface area contributed by atoms with E-state index in [9.17, 15) is 18.0 Å². The average molecular weight is 288 g/mol. The first-order chi connectivity index (χ1) is 9.32. The zero-order valence-corrected chi connectivity index (χ0v) is 10.5. The van der Waals surface area contributed by atoms with Crippen molar-refractivity contribution in [2.24, 2.45) is 5.73 Å². The number of halogens is 3. The predicted molar refractivity (Wildman–Crippen MR) is 61.5 cm³/mol. The molecule has 0 amide bonds. The lowest BCUT2D eigenvalue weighted by atomic mass is 10.00. The summed E-state index contributed by atoms with van der Waals surface area (Å²) in [7, 11) is 1.15. The number of esters is 1. The molecule has 0 saturated heterocycles. The van der Waals surface area contributed by atoms with Gasteiger partial charge in [0, 0.05) is 12.1 Å². The van der Waals surface area contributed by atoms with E-state index in [-0.39, 0.29) is 29.7 Å². The van der Waals surface area contributed by atoms with E-state index in [0.717, 1.165) is 13.2 Å². The summed E-state index contributed by atoms with van der Waals surface area (Å²) >= 11 is 0. The van der Waals surface area contributed by atoms with Gasteiger partial charge >= 0.3 is 12.3 Å². The Balaban J connectivity index is 3.33. The van der Waals surface area contributed by atoms with Crippen LogP contribution < -0.4 is 10.5 Å². The quantitative estimate of drug-likeness (QED) is 0.851. The predicted octanol–water partition coefficient (Wildman–Crippen LogP) is 1.63. The second kappa shape index (κ2) is 6.25. The number of rotatable bonds is 4. The molecule has 8 heteroatoms. The van der Waals surface area contributed by atoms with Gasteiger partial charge < -0.3 is 15.2 Å². The number of carbonyl (C=O) groups excluding carboxylic acids is 1. The van der Waals surface area contributed by atoms with E-state index >= 15 is 0 Å². The van der Waals surface area contributed by atoms with Gasteiger partial charge in [-0.05, 0) is 11.6 Å². The lowest BCUT2D eigenvalue weighted by molar-refractivity contribution is -0.275. The third-order valence-corrected chi connectivity index (χ3v) is 2.46. The number of methoxy groups -OCH3 is 1. The largest absolute Gasteiger partial charge is 0.573 e. The van der Waals surface area contributed by atoms with Crippen molar-refractivity contribution >= 4 is 5.97 Å². The molecule has 0 aliphatic heterocycles. The smallest absolute Gasteiger partial charge is 0.469 e. The summed E-state index contributed by atoms with van der Waals surface area (Å²) in [6.07, 6.45) is -5.22. The summed E-state index contributed by atoms with van der Waals surface area (Å²) in [5, 5.41) is 8.82. The van der Waals surface area contributed by atoms with Crippen LogP contribution in [0.1, 0.15) is 16.7 Å². The van der Waals surface area contributed by atoms with Gasteiger partial charge in [0.2, 0.25) is 0 Å². The number of hydrogen-bond acceptors (Lipinski definition) is 5. The average Bonchev–Trinajstić information content (AvgIpc) is 2.37. The van der Waals surface area contributed by atoms with Crippen molar-refractivity contribution in [3.8, 4) is 11.8 Å². The van der Waals surface area contributed by atoms with Gasteiger partial charge in [-0.25, -0.2) is 0 Å². The van der Waals surface area contributed by atoms with Crippen molar-refractivity contribution in [2.75, 3.05) is 7.11 Å². The number of alkyl halides is 3. The fourth-order valence-electron chi connectivity index (χ4n) is 1.61. The van der Waals surface area contributed by atoms with Crippen molar-refractivity contribution in [1.82, 2.24) is 0 Å². The Hall–Kier alpha value is -2.27. The van der Waals surface area contributed by atoms with Crippen LogP contribution in [-0.4, -0.2) is 19.4 Å². The van der Waals surface area contributed by atoms with Gasteiger partial charge in [0.25, 0.3) is 0 Å². The summed E-state index contributed by atoms with van der Waals surface area (Å²) in [6.45, 7) is -0.312. The molecule has 1 aromatic rings. The summed E-state index contributed by atoms with van der Waals surface area (Å²) in [4.78, 5) is 11.2. The Bertz CT molecular complexity index is 550. The number of nitrogens with zero attached hydrogens (tertiary/aromatic N) is 1. The van der Waals surface area contributed by atoms with Gasteiger partial charge in [-0.1, -0.05) is 6.07 Å². The maximum absolute atomic E-state index is 12.4. The maximum atomic E-state index is 12.4. The van der Waals surface area contributed by atoms with Gasteiger partial charge in [0.1, 0.15) is 6.07 Å². The Morgan fingerprint density at radius 1 is 1.45 bits per heavy atom. The first-order valence-corrected chi connectivity index (χ1v) is 5.39. The fraction of sp³-hybridized carbons (Fsp3) is 0.333. The van der Waals surface area contributed by atoms with Gasteiger partial charge in [-0.3, -0.25) is 4.79 Å². The normalized spacial score (nSPS) is 10.8. The minimum atomic E-state index is -4.96. The first-order valence-electron chi connectivity index (χ1n) is 5.39. The van der Waals surface area contributed by atoms with Crippen molar-refractivity contribution in [2.45, 2.75) is 19.3 Å². The molecule has 0 spiro atoms. The lowest BCUT2D eigenvalue weighted by Gasteiger charge is -2.16. The molecule has 0 bridgehead atoms. The zero-order chi connectivity index (χ0) is 15.3. The molecule has 1 rings (SSSR count). The standard InChI is InChI=1S/C12H11F3N2O3/c1-19-10(18)4-7-2-3-8(5-16)11(9(7)6-17)20-12(13,14)15/h2-3H,4,6,17H2,1H3. The molecule has 1 aromatic carbocycles. The monoisotopic (exact) mass is 288 g/mol. The number of carbonyl (C=O) groups is 1. The summed E-state index contributed by atoms with van der Waals surface area (Å²) in [5.41, 5.74) is 5.26. The molecule has 0 fully saturated rings. The Kier molecular flexibility index (Phi) is 4.94. The van der Waals surface area contributed by atoms with E-state index in [1.165, 1.54) is 6.07 Å². The van der Waals surface area contributed by atoms with Crippen LogP contribution in [0.5, 0.6) is 5.75 Å². The van der Waals surface area contributed by atoms with E-state index in [1.807, 2.05) is 0 Å². The molecule has 0 unspecified atom stereocenters. The van der Waals surface area contributed by atoms with Gasteiger partial charge in [-0.15, -0.1) is 13.2 Å². The van der Waals surface area contributed by atoms with Crippen molar-refractivity contribution in [1.29, 1.82) is 5.26 Å². The Morgan fingerprint density at radius 2 is 2.10 bits per heavy atom. The highest BCUT2D eigenvalue weighted by molar-refractivity contribution is 5.73. The maximum Gasteiger partial charge on any atom is 0.573 e. The van der Waals surface area contributed by atoms with Gasteiger partial charge in [0.05, 0.1) is 19.1 Å². The summed E-state index contributed by atoms with van der Waals surface area (Å²) in [5.74, 6) is -1.31.